The van der Waals surface area contributed by atoms with E-state index in [0.29, 0.717) is 0 Å². The highest BCUT2D eigenvalue weighted by Crippen LogP contribution is 2.33. The number of hydrogen-bond acceptors (Lipinski definition) is 0. The molecule has 0 unspecified atom stereocenters. The fourth-order valence-corrected chi connectivity index (χ4v) is 2.76. The first-order chi connectivity index (χ1) is 7.40. The second-order valence-corrected chi connectivity index (χ2v) is 4.77. The van der Waals surface area contributed by atoms with Crippen molar-refractivity contribution in [3.05, 3.63) is 23.3 Å². The lowest BCUT2D eigenvalue weighted by Gasteiger charge is -2.20. The molecule has 0 radical (unpaired) electrons. The molecule has 0 bridgehead atoms. The predicted molar refractivity (Wildman–Crippen MR) is 65.4 cm³/mol. The van der Waals surface area contributed by atoms with E-state index < -0.39 is 0 Å². The van der Waals surface area contributed by atoms with E-state index in [0.717, 1.165) is 12.3 Å². The van der Waals surface area contributed by atoms with Crippen LogP contribution >= 0.6 is 0 Å². The van der Waals surface area contributed by atoms with Gasteiger partial charge in [-0.3, -0.25) is 0 Å². The maximum absolute atomic E-state index is 5.40. The Balaban J connectivity index is 2.01. The van der Waals surface area contributed by atoms with Gasteiger partial charge in [-0.05, 0) is 31.6 Å². The van der Waals surface area contributed by atoms with E-state index in [1.807, 2.05) is 0 Å². The first kappa shape index (κ1) is 10.6. The third-order valence-corrected chi connectivity index (χ3v) is 3.75. The lowest BCUT2D eigenvalue weighted by molar-refractivity contribution is 0.511. The monoisotopic (exact) mass is 200 g/mol. The summed E-state index contributed by atoms with van der Waals surface area (Å²) < 4.78 is 0. The van der Waals surface area contributed by atoms with Gasteiger partial charge < -0.3 is 0 Å². The average molecular weight is 200 g/mol. The Morgan fingerprint density at radius 3 is 2.27 bits per heavy atom. The minimum absolute atomic E-state index is 0.864. The van der Waals surface area contributed by atoms with Crippen LogP contribution < -0.4 is 0 Å². The van der Waals surface area contributed by atoms with Crippen molar-refractivity contribution in [3.63, 3.8) is 0 Å². The van der Waals surface area contributed by atoms with E-state index in [4.69, 9.17) is 6.42 Å². The first-order valence-corrected chi connectivity index (χ1v) is 6.26. The maximum Gasteiger partial charge on any atom is 0.00207 e. The van der Waals surface area contributed by atoms with E-state index in [-0.39, 0.29) is 0 Å². The van der Waals surface area contributed by atoms with Crippen LogP contribution in [0.3, 0.4) is 0 Å². The van der Waals surface area contributed by atoms with Crippen LogP contribution in [0.15, 0.2) is 23.3 Å². The Bertz CT molecular complexity index is 303. The number of hydrogen-bond donors (Lipinski definition) is 0. The van der Waals surface area contributed by atoms with Gasteiger partial charge in [-0.1, -0.05) is 49.3 Å². The molecule has 0 amide bonds. The summed E-state index contributed by atoms with van der Waals surface area (Å²) in [5, 5.41) is 0. The molecule has 0 N–H and O–H groups in total. The van der Waals surface area contributed by atoms with Crippen LogP contribution in [0.1, 0.15) is 51.4 Å². The van der Waals surface area contributed by atoms with Crippen LogP contribution in [0.4, 0.5) is 0 Å². The Morgan fingerprint density at radius 1 is 1.00 bits per heavy atom. The molecule has 1 saturated carbocycles. The van der Waals surface area contributed by atoms with E-state index in [1.165, 1.54) is 50.5 Å². The molecule has 0 aliphatic heterocycles. The molecule has 0 aromatic heterocycles. The fraction of sp³-hybridized carbons (Fsp3) is 0.600. The van der Waals surface area contributed by atoms with Crippen LogP contribution in [0.2, 0.25) is 0 Å². The highest BCUT2D eigenvalue weighted by molar-refractivity contribution is 5.35. The van der Waals surface area contributed by atoms with Crippen molar-refractivity contribution in [2.75, 3.05) is 0 Å². The van der Waals surface area contributed by atoms with Crippen molar-refractivity contribution in [3.8, 4) is 12.3 Å². The van der Waals surface area contributed by atoms with Crippen molar-refractivity contribution in [2.24, 2.45) is 5.92 Å². The van der Waals surface area contributed by atoms with Gasteiger partial charge in [0.05, 0.1) is 0 Å². The number of terminal acetylenes is 1. The zero-order valence-corrected chi connectivity index (χ0v) is 9.47. The largest absolute Gasteiger partial charge is 0.115 e. The minimum atomic E-state index is 0.864. The summed E-state index contributed by atoms with van der Waals surface area (Å²) in [5.41, 5.74) is 2.84. The Hall–Kier alpha value is -0.960. The SMILES string of the molecule is C#CC1=CC=C(C2CCCCCC2)CC1. The lowest BCUT2D eigenvalue weighted by Crippen LogP contribution is -2.05. The third-order valence-electron chi connectivity index (χ3n) is 3.75. The Kier molecular flexibility index (Phi) is 3.67. The molecule has 0 spiro atoms. The van der Waals surface area contributed by atoms with Crippen molar-refractivity contribution in [1.82, 2.24) is 0 Å². The summed E-state index contributed by atoms with van der Waals surface area (Å²) in [5.74, 6) is 3.62. The molecule has 0 nitrogen and oxygen atoms in total. The highest BCUT2D eigenvalue weighted by Gasteiger charge is 2.17. The van der Waals surface area contributed by atoms with Gasteiger partial charge in [-0.15, -0.1) is 6.42 Å². The second kappa shape index (κ2) is 5.21. The van der Waals surface area contributed by atoms with E-state index in [2.05, 4.69) is 18.1 Å². The first-order valence-electron chi connectivity index (χ1n) is 6.26. The summed E-state index contributed by atoms with van der Waals surface area (Å²) in [4.78, 5) is 0. The number of rotatable bonds is 1. The molecule has 0 saturated heterocycles. The molecule has 0 aromatic rings. The second-order valence-electron chi connectivity index (χ2n) is 4.77. The molecular weight excluding hydrogens is 180 g/mol. The van der Waals surface area contributed by atoms with Crippen LogP contribution in [-0.4, -0.2) is 0 Å². The standard InChI is InChI=1S/C15H20/c1-2-13-9-11-15(12-10-13)14-7-5-3-4-6-8-14/h1,9,11,14H,3-8,10,12H2. The summed E-state index contributed by atoms with van der Waals surface area (Å²) in [7, 11) is 0. The van der Waals surface area contributed by atoms with Gasteiger partial charge in [0, 0.05) is 5.57 Å². The Morgan fingerprint density at radius 2 is 1.73 bits per heavy atom. The van der Waals surface area contributed by atoms with Gasteiger partial charge in [0.25, 0.3) is 0 Å². The summed E-state index contributed by atoms with van der Waals surface area (Å²) in [6.45, 7) is 0. The summed E-state index contributed by atoms with van der Waals surface area (Å²) >= 11 is 0. The normalized spacial score (nSPS) is 23.7. The van der Waals surface area contributed by atoms with Crippen molar-refractivity contribution < 1.29 is 0 Å². The molecule has 0 heteroatoms. The molecular formula is C15H20. The fourth-order valence-electron chi connectivity index (χ4n) is 2.76. The zero-order chi connectivity index (χ0) is 10.5. The van der Waals surface area contributed by atoms with E-state index in [1.54, 1.807) is 5.57 Å². The van der Waals surface area contributed by atoms with Gasteiger partial charge in [-0.25, -0.2) is 0 Å². The number of allylic oxidation sites excluding steroid dienone is 4. The van der Waals surface area contributed by atoms with Gasteiger partial charge in [0.15, 0.2) is 0 Å². The molecule has 80 valence electrons. The quantitative estimate of drug-likeness (QED) is 0.439. The topological polar surface area (TPSA) is 0 Å². The van der Waals surface area contributed by atoms with Crippen LogP contribution in [0.5, 0.6) is 0 Å². The van der Waals surface area contributed by atoms with E-state index >= 15 is 0 Å². The third kappa shape index (κ3) is 2.75. The van der Waals surface area contributed by atoms with E-state index in [9.17, 15) is 0 Å². The van der Waals surface area contributed by atoms with Gasteiger partial charge >= 0.3 is 0 Å². The minimum Gasteiger partial charge on any atom is -0.115 e. The molecule has 0 heterocycles. The molecule has 0 atom stereocenters. The van der Waals surface area contributed by atoms with Crippen molar-refractivity contribution in [1.29, 1.82) is 0 Å². The van der Waals surface area contributed by atoms with Crippen molar-refractivity contribution in [2.45, 2.75) is 51.4 Å². The average Bonchev–Trinajstić information content (AvgIpc) is 2.58. The van der Waals surface area contributed by atoms with Crippen LogP contribution in [0.25, 0.3) is 0 Å². The predicted octanol–water partition coefficient (Wildman–Crippen LogP) is 4.24. The lowest BCUT2D eigenvalue weighted by atomic mass is 9.85. The highest BCUT2D eigenvalue weighted by atomic mass is 14.2. The van der Waals surface area contributed by atoms with Gasteiger partial charge in [0.2, 0.25) is 0 Å². The van der Waals surface area contributed by atoms with Gasteiger partial charge in [0.1, 0.15) is 0 Å². The van der Waals surface area contributed by atoms with Gasteiger partial charge in [-0.2, -0.15) is 0 Å². The molecule has 0 aromatic carbocycles. The van der Waals surface area contributed by atoms with Crippen LogP contribution in [-0.2, 0) is 0 Å². The molecule has 1 fully saturated rings. The summed E-state index contributed by atoms with van der Waals surface area (Å²) in [6, 6.07) is 0. The van der Waals surface area contributed by atoms with Crippen LogP contribution in [0, 0.1) is 18.3 Å². The molecule has 2 aliphatic rings. The molecule has 2 aliphatic carbocycles. The molecule has 2 rings (SSSR count). The summed E-state index contributed by atoms with van der Waals surface area (Å²) in [6.07, 6.45) is 20.7. The zero-order valence-electron chi connectivity index (χ0n) is 9.47. The maximum atomic E-state index is 5.40. The smallest absolute Gasteiger partial charge is 0.00207 e. The van der Waals surface area contributed by atoms with Crippen molar-refractivity contribution >= 4 is 0 Å². The molecule has 15 heavy (non-hydrogen) atoms. The Labute approximate surface area is 93.5 Å².